The first-order valence-corrected chi connectivity index (χ1v) is 10.3. The second kappa shape index (κ2) is 7.62. The first-order chi connectivity index (χ1) is 14.6. The average molecular weight is 447 g/mol. The molecule has 0 radical (unpaired) electrons. The molecule has 7 nitrogen and oxygen atoms in total. The van der Waals surface area contributed by atoms with Crippen LogP contribution < -0.4 is 14.9 Å². The van der Waals surface area contributed by atoms with Gasteiger partial charge < -0.3 is 9.15 Å². The minimum absolute atomic E-state index is 0.0626. The molecule has 0 atom stereocenters. The number of nitrogens with one attached hydrogen (secondary N) is 1. The summed E-state index contributed by atoms with van der Waals surface area (Å²) in [6.07, 6.45) is -3.52. The highest BCUT2D eigenvalue weighted by molar-refractivity contribution is 7.92. The van der Waals surface area contributed by atoms with Crippen molar-refractivity contribution in [1.82, 2.24) is 9.97 Å². The summed E-state index contributed by atoms with van der Waals surface area (Å²) in [4.78, 5) is 7.64. The Bertz CT molecular complexity index is 1340. The molecule has 0 fully saturated rings. The van der Waals surface area contributed by atoms with Gasteiger partial charge in [0.15, 0.2) is 11.2 Å². The molecule has 2 heterocycles. The molecule has 2 aromatic carbocycles. The van der Waals surface area contributed by atoms with Crippen LogP contribution in [-0.4, -0.2) is 32.6 Å². The van der Waals surface area contributed by atoms with Crippen LogP contribution in [0.15, 0.2) is 70.1 Å². The Kier molecular flexibility index (Phi) is 5.09. The van der Waals surface area contributed by atoms with Crippen molar-refractivity contribution in [3.63, 3.8) is 0 Å². The number of nitrogens with zero attached hydrogens (tertiary/aromatic N) is 2. The monoisotopic (exact) mass is 447 g/mol. The maximum absolute atomic E-state index is 13.0. The van der Waals surface area contributed by atoms with E-state index in [1.54, 1.807) is 30.3 Å². The molecule has 0 spiro atoms. The van der Waals surface area contributed by atoms with E-state index in [4.69, 9.17) is 4.42 Å². The standard InChI is InChI=1S/C19H13BF3N3O4S/c20-11-7-8-16(15(10-11)30-19(21,22)23)31(27,28)26-13-5-2-1-4-12(13)18-25-17-14(29-18)6-3-9-24-17/h1-10,26H,20H2. The minimum atomic E-state index is -5.05. The van der Waals surface area contributed by atoms with Crippen molar-refractivity contribution in [3.05, 3.63) is 60.8 Å². The van der Waals surface area contributed by atoms with Gasteiger partial charge in [0.2, 0.25) is 5.89 Å². The molecule has 0 aliphatic heterocycles. The molecule has 0 aliphatic rings. The maximum atomic E-state index is 13.0. The first kappa shape index (κ1) is 20.7. The summed E-state index contributed by atoms with van der Waals surface area (Å²) in [7, 11) is -2.94. The van der Waals surface area contributed by atoms with E-state index in [1.807, 2.05) is 0 Å². The van der Waals surface area contributed by atoms with E-state index in [-0.39, 0.29) is 17.1 Å². The topological polar surface area (TPSA) is 94.3 Å². The van der Waals surface area contributed by atoms with Gasteiger partial charge in [-0.15, -0.1) is 13.2 Å². The molecule has 12 heteroatoms. The maximum Gasteiger partial charge on any atom is 0.573 e. The minimum Gasteiger partial charge on any atom is -0.434 e. The van der Waals surface area contributed by atoms with Crippen molar-refractivity contribution in [2.75, 3.05) is 4.72 Å². The Morgan fingerprint density at radius 3 is 2.58 bits per heavy atom. The fraction of sp³-hybridized carbons (Fsp3) is 0.0526. The molecule has 4 aromatic rings. The SMILES string of the molecule is Bc1ccc(S(=O)(=O)Nc2ccccc2-c2nc3ncccc3o2)c(OC(F)(F)F)c1. The average Bonchev–Trinajstić information content (AvgIpc) is 3.10. The number of anilines is 1. The van der Waals surface area contributed by atoms with Crippen LogP contribution in [0.25, 0.3) is 22.7 Å². The van der Waals surface area contributed by atoms with Crippen molar-refractivity contribution in [1.29, 1.82) is 0 Å². The van der Waals surface area contributed by atoms with Crippen LogP contribution in [0.2, 0.25) is 0 Å². The van der Waals surface area contributed by atoms with Gasteiger partial charge in [-0.05, 0) is 36.4 Å². The zero-order valence-corrected chi connectivity index (χ0v) is 16.7. The summed E-state index contributed by atoms with van der Waals surface area (Å²) >= 11 is 0. The van der Waals surface area contributed by atoms with Crippen LogP contribution in [0, 0.1) is 0 Å². The number of halogens is 3. The van der Waals surface area contributed by atoms with E-state index in [2.05, 4.69) is 19.4 Å². The Hall–Kier alpha value is -3.54. The molecule has 158 valence electrons. The fourth-order valence-corrected chi connectivity index (χ4v) is 4.07. The van der Waals surface area contributed by atoms with Crippen LogP contribution in [0.5, 0.6) is 5.75 Å². The molecule has 0 saturated carbocycles. The van der Waals surface area contributed by atoms with E-state index in [0.717, 1.165) is 12.1 Å². The van der Waals surface area contributed by atoms with E-state index >= 15 is 0 Å². The zero-order chi connectivity index (χ0) is 22.2. The predicted octanol–water partition coefficient (Wildman–Crippen LogP) is 2.85. The second-order valence-corrected chi connectivity index (χ2v) is 8.14. The molecule has 31 heavy (non-hydrogen) atoms. The molecule has 1 N–H and O–H groups in total. The summed E-state index contributed by atoms with van der Waals surface area (Å²) in [5, 5.41) is 0. The molecule has 0 saturated heterocycles. The quantitative estimate of drug-likeness (QED) is 0.473. The Morgan fingerprint density at radius 2 is 1.84 bits per heavy atom. The second-order valence-electron chi connectivity index (χ2n) is 6.49. The highest BCUT2D eigenvalue weighted by Gasteiger charge is 2.34. The number of ether oxygens (including phenoxy) is 1. The number of benzene rings is 2. The van der Waals surface area contributed by atoms with Gasteiger partial charge in [0.1, 0.15) is 18.5 Å². The molecule has 4 rings (SSSR count). The van der Waals surface area contributed by atoms with E-state index in [9.17, 15) is 21.6 Å². The third-order valence-electron chi connectivity index (χ3n) is 4.18. The van der Waals surface area contributed by atoms with Gasteiger partial charge >= 0.3 is 6.36 Å². The van der Waals surface area contributed by atoms with Crippen molar-refractivity contribution < 1.29 is 30.7 Å². The van der Waals surface area contributed by atoms with Crippen LogP contribution in [0.4, 0.5) is 18.9 Å². The molecular weight excluding hydrogens is 434 g/mol. The van der Waals surface area contributed by atoms with Gasteiger partial charge in [0, 0.05) is 6.20 Å². The van der Waals surface area contributed by atoms with E-state index < -0.39 is 27.0 Å². The van der Waals surface area contributed by atoms with Crippen LogP contribution >= 0.6 is 0 Å². The van der Waals surface area contributed by atoms with Crippen molar-refractivity contribution in [2.45, 2.75) is 11.3 Å². The van der Waals surface area contributed by atoms with E-state index in [1.165, 1.54) is 26.2 Å². The summed E-state index contributed by atoms with van der Waals surface area (Å²) in [5.74, 6) is -0.730. The summed E-state index contributed by atoms with van der Waals surface area (Å²) in [5.41, 5.74) is 1.48. The Balaban J connectivity index is 1.75. The van der Waals surface area contributed by atoms with Gasteiger partial charge in [-0.2, -0.15) is 4.98 Å². The summed E-state index contributed by atoms with van der Waals surface area (Å²) in [6.45, 7) is 0. The smallest absolute Gasteiger partial charge is 0.434 e. The number of sulfonamides is 1. The summed E-state index contributed by atoms with van der Waals surface area (Å²) in [6, 6.07) is 12.9. The van der Waals surface area contributed by atoms with Crippen molar-refractivity contribution >= 4 is 40.2 Å². The van der Waals surface area contributed by atoms with Crippen LogP contribution in [0.1, 0.15) is 0 Å². The number of oxazole rings is 1. The van der Waals surface area contributed by atoms with Gasteiger partial charge in [-0.1, -0.05) is 23.7 Å². The highest BCUT2D eigenvalue weighted by atomic mass is 32.2. The van der Waals surface area contributed by atoms with Crippen LogP contribution in [0.3, 0.4) is 0 Å². The highest BCUT2D eigenvalue weighted by Crippen LogP contribution is 2.33. The third kappa shape index (κ3) is 4.48. The number of para-hydroxylation sites is 1. The van der Waals surface area contributed by atoms with Gasteiger partial charge in [-0.25, -0.2) is 13.4 Å². The lowest BCUT2D eigenvalue weighted by atomic mass is 9.96. The molecule has 0 bridgehead atoms. The van der Waals surface area contributed by atoms with Gasteiger partial charge in [0.05, 0.1) is 11.3 Å². The number of hydrogen-bond acceptors (Lipinski definition) is 6. The number of alkyl halides is 3. The third-order valence-corrected chi connectivity index (χ3v) is 5.59. The van der Waals surface area contributed by atoms with E-state index in [0.29, 0.717) is 16.7 Å². The molecule has 0 aliphatic carbocycles. The summed E-state index contributed by atoms with van der Waals surface area (Å²) < 4.78 is 76.1. The molecule has 0 unspecified atom stereocenters. The van der Waals surface area contributed by atoms with Crippen LogP contribution in [-0.2, 0) is 10.0 Å². The number of aromatic nitrogens is 2. The fourth-order valence-electron chi connectivity index (χ4n) is 2.88. The van der Waals surface area contributed by atoms with Crippen molar-refractivity contribution in [2.24, 2.45) is 0 Å². The van der Waals surface area contributed by atoms with Gasteiger partial charge in [0.25, 0.3) is 10.0 Å². The normalized spacial score (nSPS) is 12.1. The molecular formula is C19H13BF3N3O4S. The van der Waals surface area contributed by atoms with Gasteiger partial charge in [-0.3, -0.25) is 4.72 Å². The number of hydrogen-bond donors (Lipinski definition) is 1. The van der Waals surface area contributed by atoms with Crippen molar-refractivity contribution in [3.8, 4) is 17.2 Å². The lowest BCUT2D eigenvalue weighted by molar-refractivity contribution is -0.275. The lowest BCUT2D eigenvalue weighted by Crippen LogP contribution is -2.22. The largest absolute Gasteiger partial charge is 0.573 e. The lowest BCUT2D eigenvalue weighted by Gasteiger charge is -2.16. The first-order valence-electron chi connectivity index (χ1n) is 8.82. The predicted molar refractivity (Wildman–Crippen MR) is 109 cm³/mol. The number of pyridine rings is 1. The molecule has 0 amide bonds. The zero-order valence-electron chi connectivity index (χ0n) is 15.8. The number of fused-ring (bicyclic) bond motifs is 1. The molecule has 2 aromatic heterocycles. The Morgan fingerprint density at radius 1 is 1.06 bits per heavy atom. The number of rotatable bonds is 5. The Labute approximate surface area is 175 Å².